The maximum absolute atomic E-state index is 12.7. The molecule has 2 heterocycles. The highest BCUT2D eigenvalue weighted by molar-refractivity contribution is 6.33. The van der Waals surface area contributed by atoms with Crippen LogP contribution >= 0.6 is 11.6 Å². The average molecular weight is 365 g/mol. The molecule has 0 N–H and O–H groups in total. The van der Waals surface area contributed by atoms with Crippen LogP contribution in [0.2, 0.25) is 5.02 Å². The Kier molecular flexibility index (Phi) is 4.81. The molecule has 1 saturated heterocycles. The second-order valence-corrected chi connectivity index (χ2v) is 6.79. The van der Waals surface area contributed by atoms with Crippen LogP contribution in [-0.4, -0.2) is 28.5 Å². The van der Waals surface area contributed by atoms with Crippen LogP contribution in [0.1, 0.15) is 39.2 Å². The molecule has 1 fully saturated rings. The summed E-state index contributed by atoms with van der Waals surface area (Å²) in [5, 5.41) is -0.353. The number of halogens is 4. The third kappa shape index (κ3) is 3.98. The fourth-order valence-electron chi connectivity index (χ4n) is 2.31. The molecular weight excluding hydrogens is 349 g/mol. The van der Waals surface area contributed by atoms with Gasteiger partial charge < -0.3 is 4.74 Å². The molecule has 2 rings (SSSR count). The molecule has 1 amide bonds. The monoisotopic (exact) mass is 364 g/mol. The number of amides is 1. The lowest BCUT2D eigenvalue weighted by molar-refractivity contribution is -0.156. The molecule has 24 heavy (non-hydrogen) atoms. The van der Waals surface area contributed by atoms with Gasteiger partial charge in [-0.05, 0) is 33.3 Å². The molecule has 1 atom stereocenters. The van der Waals surface area contributed by atoms with Gasteiger partial charge in [-0.3, -0.25) is 9.69 Å². The molecule has 5 nitrogen and oxygen atoms in total. The topological polar surface area (TPSA) is 59.5 Å². The summed E-state index contributed by atoms with van der Waals surface area (Å²) in [7, 11) is 0. The lowest BCUT2D eigenvalue weighted by Crippen LogP contribution is -2.42. The van der Waals surface area contributed by atoms with Crippen molar-refractivity contribution in [3.63, 3.8) is 0 Å². The molecular formula is C15H16ClF3N2O3. The SMILES string of the molecule is CC(C)(C)OC(=O)C1CCC(=O)N1c1ncc(C(F)(F)F)cc1Cl. The van der Waals surface area contributed by atoms with E-state index in [-0.39, 0.29) is 23.7 Å². The van der Waals surface area contributed by atoms with Gasteiger partial charge in [0.15, 0.2) is 5.82 Å². The Hall–Kier alpha value is -1.83. The molecule has 0 radical (unpaired) electrons. The zero-order valence-electron chi connectivity index (χ0n) is 13.3. The maximum atomic E-state index is 12.7. The minimum absolute atomic E-state index is 0.0585. The number of hydrogen-bond donors (Lipinski definition) is 0. The Morgan fingerprint density at radius 2 is 2.00 bits per heavy atom. The van der Waals surface area contributed by atoms with Crippen LogP contribution in [-0.2, 0) is 20.5 Å². The van der Waals surface area contributed by atoms with Gasteiger partial charge >= 0.3 is 12.1 Å². The van der Waals surface area contributed by atoms with Gasteiger partial charge in [-0.2, -0.15) is 13.2 Å². The summed E-state index contributed by atoms with van der Waals surface area (Å²) in [5.41, 5.74) is -1.79. The highest BCUT2D eigenvalue weighted by Gasteiger charge is 2.41. The molecule has 0 aromatic carbocycles. The highest BCUT2D eigenvalue weighted by Crippen LogP contribution is 2.36. The van der Waals surface area contributed by atoms with Gasteiger partial charge in [0.05, 0.1) is 10.6 Å². The van der Waals surface area contributed by atoms with Gasteiger partial charge in [0.1, 0.15) is 11.6 Å². The Morgan fingerprint density at radius 3 is 2.50 bits per heavy atom. The number of esters is 1. The van der Waals surface area contributed by atoms with E-state index in [0.29, 0.717) is 12.3 Å². The van der Waals surface area contributed by atoms with Gasteiger partial charge in [0.2, 0.25) is 5.91 Å². The van der Waals surface area contributed by atoms with E-state index in [4.69, 9.17) is 16.3 Å². The molecule has 1 unspecified atom stereocenters. The first-order valence-electron chi connectivity index (χ1n) is 7.18. The highest BCUT2D eigenvalue weighted by atomic mass is 35.5. The fraction of sp³-hybridized carbons (Fsp3) is 0.533. The Labute approximate surface area is 141 Å². The molecule has 0 saturated carbocycles. The Balaban J connectivity index is 2.34. The number of hydrogen-bond acceptors (Lipinski definition) is 4. The van der Waals surface area contributed by atoms with Crippen LogP contribution in [0.15, 0.2) is 12.3 Å². The van der Waals surface area contributed by atoms with Crippen LogP contribution in [0.5, 0.6) is 0 Å². The number of rotatable bonds is 2. The second kappa shape index (κ2) is 6.23. The van der Waals surface area contributed by atoms with E-state index in [2.05, 4.69) is 4.98 Å². The van der Waals surface area contributed by atoms with Crippen LogP contribution in [0, 0.1) is 0 Å². The molecule has 9 heteroatoms. The van der Waals surface area contributed by atoms with Crippen molar-refractivity contribution in [3.8, 4) is 0 Å². The standard InChI is InChI=1S/C15H16ClF3N2O3/c1-14(2,3)24-13(23)10-4-5-11(22)21(10)12-9(16)6-8(7-20-12)15(17,18)19/h6-7,10H,4-5H2,1-3H3. The van der Waals surface area contributed by atoms with E-state index in [9.17, 15) is 22.8 Å². The number of anilines is 1. The molecule has 0 spiro atoms. The number of aromatic nitrogens is 1. The zero-order chi connectivity index (χ0) is 18.3. The predicted molar refractivity (Wildman–Crippen MR) is 80.6 cm³/mol. The second-order valence-electron chi connectivity index (χ2n) is 6.38. The van der Waals surface area contributed by atoms with E-state index in [1.807, 2.05) is 0 Å². The van der Waals surface area contributed by atoms with E-state index in [1.54, 1.807) is 20.8 Å². The fourth-order valence-corrected chi connectivity index (χ4v) is 2.56. The van der Waals surface area contributed by atoms with Crippen molar-refractivity contribution in [3.05, 3.63) is 22.8 Å². The summed E-state index contributed by atoms with van der Waals surface area (Å²) in [6.45, 7) is 5.03. The lowest BCUT2D eigenvalue weighted by atomic mass is 10.1. The predicted octanol–water partition coefficient (Wildman–Crippen LogP) is 3.59. The van der Waals surface area contributed by atoms with Gasteiger partial charge in [0, 0.05) is 12.6 Å². The van der Waals surface area contributed by atoms with Crippen LogP contribution < -0.4 is 4.90 Å². The van der Waals surface area contributed by atoms with E-state index in [1.165, 1.54) is 0 Å². The van der Waals surface area contributed by atoms with Gasteiger partial charge in [-0.25, -0.2) is 9.78 Å². The van der Waals surface area contributed by atoms with Crippen molar-refractivity contribution < 1.29 is 27.5 Å². The first-order valence-corrected chi connectivity index (χ1v) is 7.55. The van der Waals surface area contributed by atoms with E-state index in [0.717, 1.165) is 4.90 Å². The largest absolute Gasteiger partial charge is 0.458 e. The first kappa shape index (κ1) is 18.5. The molecule has 1 aromatic rings. The first-order chi connectivity index (χ1) is 10.9. The third-order valence-corrected chi connectivity index (χ3v) is 3.55. The Bertz CT molecular complexity index is 671. The maximum Gasteiger partial charge on any atom is 0.417 e. The van der Waals surface area contributed by atoms with Crippen molar-refractivity contribution in [2.24, 2.45) is 0 Å². The van der Waals surface area contributed by atoms with E-state index >= 15 is 0 Å². The van der Waals surface area contributed by atoms with Gasteiger partial charge in [-0.1, -0.05) is 11.6 Å². The van der Waals surface area contributed by atoms with Crippen LogP contribution in [0.4, 0.5) is 19.0 Å². The number of pyridine rings is 1. The summed E-state index contributed by atoms with van der Waals surface area (Å²) >= 11 is 5.88. The lowest BCUT2D eigenvalue weighted by Gasteiger charge is -2.27. The summed E-state index contributed by atoms with van der Waals surface area (Å²) in [4.78, 5) is 29.0. The summed E-state index contributed by atoms with van der Waals surface area (Å²) < 4.78 is 43.3. The van der Waals surface area contributed by atoms with Crippen molar-refractivity contribution in [1.82, 2.24) is 4.98 Å². The number of nitrogens with zero attached hydrogens (tertiary/aromatic N) is 2. The van der Waals surface area contributed by atoms with Gasteiger partial charge in [0.25, 0.3) is 0 Å². The van der Waals surface area contributed by atoms with Crippen molar-refractivity contribution in [2.45, 2.75) is 51.4 Å². The van der Waals surface area contributed by atoms with Crippen LogP contribution in [0.3, 0.4) is 0 Å². The summed E-state index contributed by atoms with van der Waals surface area (Å²) in [6.07, 6.45) is -3.77. The summed E-state index contributed by atoms with van der Waals surface area (Å²) in [5.74, 6) is -1.27. The summed E-state index contributed by atoms with van der Waals surface area (Å²) in [6, 6.07) is -0.278. The normalized spacial score (nSPS) is 18.9. The number of ether oxygens (including phenoxy) is 1. The molecule has 0 aliphatic carbocycles. The smallest absolute Gasteiger partial charge is 0.417 e. The van der Waals surface area contributed by atoms with Crippen LogP contribution in [0.25, 0.3) is 0 Å². The number of alkyl halides is 3. The van der Waals surface area contributed by atoms with E-state index < -0.39 is 35.3 Å². The molecule has 132 valence electrons. The quantitative estimate of drug-likeness (QED) is 0.752. The molecule has 0 bridgehead atoms. The van der Waals surface area contributed by atoms with Crippen molar-refractivity contribution in [2.75, 3.05) is 4.90 Å². The molecule has 1 aromatic heterocycles. The third-order valence-electron chi connectivity index (χ3n) is 3.27. The number of carbonyl (C=O) groups is 2. The minimum atomic E-state index is -4.60. The molecule has 1 aliphatic rings. The van der Waals surface area contributed by atoms with Gasteiger partial charge in [-0.15, -0.1) is 0 Å². The van der Waals surface area contributed by atoms with Crippen molar-refractivity contribution in [1.29, 1.82) is 0 Å². The minimum Gasteiger partial charge on any atom is -0.458 e. The van der Waals surface area contributed by atoms with Crippen molar-refractivity contribution >= 4 is 29.3 Å². The molecule has 1 aliphatic heterocycles. The Morgan fingerprint density at radius 1 is 1.38 bits per heavy atom. The number of carbonyl (C=O) groups excluding carboxylic acids is 2. The average Bonchev–Trinajstić information content (AvgIpc) is 2.77. The zero-order valence-corrected chi connectivity index (χ0v) is 14.0.